The molecule has 1 heterocycles. The van der Waals surface area contributed by atoms with Crippen LogP contribution in [0.3, 0.4) is 0 Å². The molecule has 16 heavy (non-hydrogen) atoms. The lowest BCUT2D eigenvalue weighted by Crippen LogP contribution is -2.34. The summed E-state index contributed by atoms with van der Waals surface area (Å²) in [5.41, 5.74) is 1.72. The molecule has 1 aliphatic heterocycles. The van der Waals surface area contributed by atoms with Crippen LogP contribution in [0.5, 0.6) is 5.75 Å². The Labute approximate surface area is 96.4 Å². The predicted octanol–water partition coefficient (Wildman–Crippen LogP) is 1.27. The predicted molar refractivity (Wildman–Crippen MR) is 63.9 cm³/mol. The molecule has 1 aromatic carbocycles. The number of hydrogen-bond acceptors (Lipinski definition) is 3. The van der Waals surface area contributed by atoms with Crippen molar-refractivity contribution in [2.24, 2.45) is 0 Å². The smallest absolute Gasteiger partial charge is 0.122 e. The van der Waals surface area contributed by atoms with Crippen molar-refractivity contribution in [3.8, 4) is 5.75 Å². The van der Waals surface area contributed by atoms with Crippen molar-refractivity contribution in [3.63, 3.8) is 0 Å². The second-order valence-electron chi connectivity index (χ2n) is 4.57. The summed E-state index contributed by atoms with van der Waals surface area (Å²) in [6, 6.07) is 6.00. The Morgan fingerprint density at radius 1 is 1.50 bits per heavy atom. The zero-order valence-electron chi connectivity index (χ0n) is 9.92. The van der Waals surface area contributed by atoms with E-state index in [-0.39, 0.29) is 0 Å². The van der Waals surface area contributed by atoms with Crippen molar-refractivity contribution in [3.05, 3.63) is 29.3 Å². The van der Waals surface area contributed by atoms with E-state index in [0.717, 1.165) is 24.3 Å². The molecule has 1 aromatic rings. The largest absolute Gasteiger partial charge is 0.496 e. The van der Waals surface area contributed by atoms with Gasteiger partial charge in [-0.2, -0.15) is 0 Å². The lowest BCUT2D eigenvalue weighted by atomic mass is 9.91. The first-order valence-electron chi connectivity index (χ1n) is 5.70. The average Bonchev–Trinajstić information content (AvgIpc) is 2.68. The van der Waals surface area contributed by atoms with Gasteiger partial charge in [0.15, 0.2) is 0 Å². The van der Waals surface area contributed by atoms with Crippen LogP contribution in [0.15, 0.2) is 18.2 Å². The molecular weight excluding hydrogens is 202 g/mol. The first-order chi connectivity index (χ1) is 7.64. The van der Waals surface area contributed by atoms with Crippen LogP contribution in [0.1, 0.15) is 17.5 Å². The lowest BCUT2D eigenvalue weighted by Gasteiger charge is -2.22. The molecule has 0 spiro atoms. The highest BCUT2D eigenvalue weighted by Gasteiger charge is 2.31. The second-order valence-corrected chi connectivity index (χ2v) is 4.57. The summed E-state index contributed by atoms with van der Waals surface area (Å²) in [7, 11) is 1.68. The van der Waals surface area contributed by atoms with Crippen molar-refractivity contribution >= 4 is 0 Å². The van der Waals surface area contributed by atoms with Crippen LogP contribution < -0.4 is 10.1 Å². The number of hydrogen-bond donors (Lipinski definition) is 2. The van der Waals surface area contributed by atoms with Gasteiger partial charge in [-0.15, -0.1) is 0 Å². The first-order valence-corrected chi connectivity index (χ1v) is 5.70. The summed E-state index contributed by atoms with van der Waals surface area (Å²) in [6.07, 6.45) is 1.52. The van der Waals surface area contributed by atoms with Crippen LogP contribution in [0, 0.1) is 6.92 Å². The van der Waals surface area contributed by atoms with Crippen LogP contribution in [0.25, 0.3) is 0 Å². The molecule has 1 fully saturated rings. The van der Waals surface area contributed by atoms with Crippen molar-refractivity contribution in [1.29, 1.82) is 0 Å². The quantitative estimate of drug-likeness (QED) is 0.807. The van der Waals surface area contributed by atoms with Gasteiger partial charge < -0.3 is 15.2 Å². The Kier molecular flexibility index (Phi) is 3.17. The van der Waals surface area contributed by atoms with E-state index < -0.39 is 5.60 Å². The summed E-state index contributed by atoms with van der Waals surface area (Å²) < 4.78 is 5.29. The molecule has 1 unspecified atom stereocenters. The molecule has 0 amide bonds. The summed E-state index contributed by atoms with van der Waals surface area (Å²) in [5.74, 6) is 0.895. The molecule has 0 saturated carbocycles. The van der Waals surface area contributed by atoms with Crippen molar-refractivity contribution in [1.82, 2.24) is 5.32 Å². The highest BCUT2D eigenvalue weighted by molar-refractivity contribution is 5.39. The third-order valence-electron chi connectivity index (χ3n) is 3.36. The highest BCUT2D eigenvalue weighted by atomic mass is 16.5. The maximum Gasteiger partial charge on any atom is 0.122 e. The zero-order valence-corrected chi connectivity index (χ0v) is 9.92. The Morgan fingerprint density at radius 2 is 2.31 bits per heavy atom. The summed E-state index contributed by atoms with van der Waals surface area (Å²) in [5, 5.41) is 13.5. The molecule has 2 N–H and O–H groups in total. The van der Waals surface area contributed by atoms with Crippen molar-refractivity contribution < 1.29 is 9.84 Å². The van der Waals surface area contributed by atoms with Gasteiger partial charge in [0.25, 0.3) is 0 Å². The molecule has 3 nitrogen and oxygen atoms in total. The average molecular weight is 221 g/mol. The Hall–Kier alpha value is -1.06. The van der Waals surface area contributed by atoms with E-state index in [1.54, 1.807) is 7.11 Å². The van der Waals surface area contributed by atoms with Crippen LogP contribution >= 0.6 is 0 Å². The van der Waals surface area contributed by atoms with E-state index in [1.807, 2.05) is 19.1 Å². The van der Waals surface area contributed by atoms with Gasteiger partial charge in [0.2, 0.25) is 0 Å². The van der Waals surface area contributed by atoms with Crippen LogP contribution in [0.2, 0.25) is 0 Å². The van der Waals surface area contributed by atoms with Gasteiger partial charge in [-0.05, 0) is 37.1 Å². The number of aliphatic hydroxyl groups is 1. The molecule has 0 aromatic heterocycles. The maximum atomic E-state index is 10.3. The zero-order chi connectivity index (χ0) is 11.6. The fraction of sp³-hybridized carbons (Fsp3) is 0.538. The minimum Gasteiger partial charge on any atom is -0.496 e. The van der Waals surface area contributed by atoms with Crippen LogP contribution in [-0.2, 0) is 6.42 Å². The van der Waals surface area contributed by atoms with Gasteiger partial charge in [0.1, 0.15) is 5.75 Å². The number of rotatable bonds is 3. The summed E-state index contributed by atoms with van der Waals surface area (Å²) in [6.45, 7) is 3.63. The Balaban J connectivity index is 2.21. The molecule has 0 aliphatic carbocycles. The topological polar surface area (TPSA) is 41.5 Å². The molecule has 0 bridgehead atoms. The van der Waals surface area contributed by atoms with E-state index in [2.05, 4.69) is 11.4 Å². The van der Waals surface area contributed by atoms with Crippen LogP contribution in [0.4, 0.5) is 0 Å². The van der Waals surface area contributed by atoms with Gasteiger partial charge in [-0.25, -0.2) is 0 Å². The second kappa shape index (κ2) is 4.44. The fourth-order valence-corrected chi connectivity index (χ4v) is 2.31. The monoisotopic (exact) mass is 221 g/mol. The van der Waals surface area contributed by atoms with Gasteiger partial charge in [0, 0.05) is 13.0 Å². The minimum atomic E-state index is -0.586. The summed E-state index contributed by atoms with van der Waals surface area (Å²) in [4.78, 5) is 0. The number of methoxy groups -OCH3 is 1. The molecule has 1 saturated heterocycles. The van der Waals surface area contributed by atoms with Gasteiger partial charge in [-0.3, -0.25) is 0 Å². The molecule has 1 aliphatic rings. The number of nitrogens with one attached hydrogen (secondary N) is 1. The normalized spacial score (nSPS) is 24.7. The third kappa shape index (κ3) is 2.20. The number of ether oxygens (including phenoxy) is 1. The molecule has 2 rings (SSSR count). The van der Waals surface area contributed by atoms with Gasteiger partial charge in [0.05, 0.1) is 12.7 Å². The Bertz CT molecular complexity index is 370. The number of benzene rings is 1. The van der Waals surface area contributed by atoms with E-state index in [9.17, 15) is 5.11 Å². The minimum absolute atomic E-state index is 0.586. The first kappa shape index (κ1) is 11.4. The summed E-state index contributed by atoms with van der Waals surface area (Å²) >= 11 is 0. The van der Waals surface area contributed by atoms with Gasteiger partial charge >= 0.3 is 0 Å². The number of β-amino-alcohol motifs (C(OH)–C–C–N with tert-alkyl or cyclic N) is 1. The standard InChI is InChI=1S/C13H19NO2/c1-10-11(4-3-5-12(10)16-2)8-13(15)6-7-14-9-13/h3-5,14-15H,6-9H2,1-2H3. The molecule has 0 radical (unpaired) electrons. The SMILES string of the molecule is COc1cccc(CC2(O)CCNC2)c1C. The van der Waals surface area contributed by atoms with E-state index in [0.29, 0.717) is 13.0 Å². The molecule has 88 valence electrons. The molecular formula is C13H19NO2. The third-order valence-corrected chi connectivity index (χ3v) is 3.36. The maximum absolute atomic E-state index is 10.3. The van der Waals surface area contributed by atoms with Crippen molar-refractivity contribution in [2.45, 2.75) is 25.4 Å². The Morgan fingerprint density at radius 3 is 2.94 bits per heavy atom. The van der Waals surface area contributed by atoms with Crippen molar-refractivity contribution in [2.75, 3.05) is 20.2 Å². The van der Waals surface area contributed by atoms with E-state index in [1.165, 1.54) is 5.56 Å². The molecule has 3 heteroatoms. The van der Waals surface area contributed by atoms with E-state index in [4.69, 9.17) is 4.74 Å². The highest BCUT2D eigenvalue weighted by Crippen LogP contribution is 2.26. The molecule has 1 atom stereocenters. The lowest BCUT2D eigenvalue weighted by molar-refractivity contribution is 0.0617. The van der Waals surface area contributed by atoms with Crippen LogP contribution in [-0.4, -0.2) is 30.9 Å². The van der Waals surface area contributed by atoms with Gasteiger partial charge in [-0.1, -0.05) is 12.1 Å². The fourth-order valence-electron chi connectivity index (χ4n) is 2.31. The van der Waals surface area contributed by atoms with E-state index >= 15 is 0 Å².